The molecule has 1 aliphatic carbocycles. The Bertz CT molecular complexity index is 377. The van der Waals surface area contributed by atoms with Crippen LogP contribution >= 0.6 is 0 Å². The second kappa shape index (κ2) is 7.87. The van der Waals surface area contributed by atoms with E-state index in [-0.39, 0.29) is 0 Å². The second-order valence-electron chi connectivity index (χ2n) is 6.35. The van der Waals surface area contributed by atoms with E-state index in [1.807, 2.05) is 0 Å². The molecule has 1 atom stereocenters. The van der Waals surface area contributed by atoms with Gasteiger partial charge < -0.3 is 9.73 Å². The van der Waals surface area contributed by atoms with Gasteiger partial charge in [0.1, 0.15) is 11.5 Å². The number of hydrogen-bond donors (Lipinski definition) is 1. The molecule has 0 aromatic carbocycles. The summed E-state index contributed by atoms with van der Waals surface area (Å²) >= 11 is 0. The molecule has 1 aliphatic rings. The van der Waals surface area contributed by atoms with Crippen molar-refractivity contribution in [3.05, 3.63) is 23.7 Å². The average Bonchev–Trinajstić information content (AvgIpc) is 2.96. The Kier molecular flexibility index (Phi) is 6.15. The van der Waals surface area contributed by atoms with Gasteiger partial charge in [0.15, 0.2) is 0 Å². The van der Waals surface area contributed by atoms with Gasteiger partial charge in [0.05, 0.1) is 6.04 Å². The molecule has 1 unspecified atom stereocenters. The molecule has 1 heterocycles. The molecule has 1 fully saturated rings. The zero-order valence-corrected chi connectivity index (χ0v) is 13.5. The minimum atomic E-state index is 0.405. The molecular weight excluding hydrogens is 246 g/mol. The molecule has 2 nitrogen and oxygen atoms in total. The van der Waals surface area contributed by atoms with E-state index < -0.39 is 0 Å². The Morgan fingerprint density at radius 3 is 2.50 bits per heavy atom. The molecule has 1 aromatic rings. The van der Waals surface area contributed by atoms with Crippen LogP contribution in [0, 0.1) is 11.8 Å². The lowest BCUT2D eigenvalue weighted by Gasteiger charge is -2.33. The SMILES string of the molecule is CCCCC1CCC(C(NC)c2ccc(CC)o2)CC1. The lowest BCUT2D eigenvalue weighted by atomic mass is 9.76. The third-order valence-corrected chi connectivity index (χ3v) is 4.98. The minimum absolute atomic E-state index is 0.405. The lowest BCUT2D eigenvalue weighted by molar-refractivity contribution is 0.202. The maximum atomic E-state index is 5.97. The molecule has 20 heavy (non-hydrogen) atoms. The highest BCUT2D eigenvalue weighted by Gasteiger charge is 2.29. The van der Waals surface area contributed by atoms with Crippen LogP contribution in [-0.4, -0.2) is 7.05 Å². The number of aryl methyl sites for hydroxylation is 1. The van der Waals surface area contributed by atoms with Crippen molar-refractivity contribution < 1.29 is 4.42 Å². The molecule has 0 amide bonds. The van der Waals surface area contributed by atoms with Crippen molar-refractivity contribution in [2.45, 2.75) is 71.3 Å². The van der Waals surface area contributed by atoms with Crippen LogP contribution in [0.4, 0.5) is 0 Å². The van der Waals surface area contributed by atoms with E-state index in [0.29, 0.717) is 6.04 Å². The lowest BCUT2D eigenvalue weighted by Crippen LogP contribution is -2.28. The molecular formula is C18H31NO. The fourth-order valence-corrected chi connectivity index (χ4v) is 3.66. The summed E-state index contributed by atoms with van der Waals surface area (Å²) in [5.74, 6) is 3.97. The second-order valence-corrected chi connectivity index (χ2v) is 6.35. The Balaban J connectivity index is 1.90. The van der Waals surface area contributed by atoms with Crippen molar-refractivity contribution in [1.82, 2.24) is 5.32 Å². The smallest absolute Gasteiger partial charge is 0.121 e. The Labute approximate surface area is 124 Å². The van der Waals surface area contributed by atoms with E-state index in [4.69, 9.17) is 4.42 Å². The van der Waals surface area contributed by atoms with Crippen molar-refractivity contribution >= 4 is 0 Å². The van der Waals surface area contributed by atoms with E-state index in [0.717, 1.165) is 29.8 Å². The summed E-state index contributed by atoms with van der Waals surface area (Å²) in [5.41, 5.74) is 0. The maximum Gasteiger partial charge on any atom is 0.121 e. The van der Waals surface area contributed by atoms with E-state index >= 15 is 0 Å². The highest BCUT2D eigenvalue weighted by molar-refractivity contribution is 5.12. The zero-order valence-electron chi connectivity index (χ0n) is 13.5. The zero-order chi connectivity index (χ0) is 14.4. The molecule has 114 valence electrons. The topological polar surface area (TPSA) is 25.2 Å². The Morgan fingerprint density at radius 2 is 1.95 bits per heavy atom. The van der Waals surface area contributed by atoms with Crippen molar-refractivity contribution in [2.24, 2.45) is 11.8 Å². The van der Waals surface area contributed by atoms with Crippen LogP contribution in [0.2, 0.25) is 0 Å². The van der Waals surface area contributed by atoms with Crippen LogP contribution in [0.1, 0.15) is 76.4 Å². The largest absolute Gasteiger partial charge is 0.464 e. The summed E-state index contributed by atoms with van der Waals surface area (Å²) < 4.78 is 5.97. The molecule has 2 heteroatoms. The van der Waals surface area contributed by atoms with Crippen molar-refractivity contribution in [2.75, 3.05) is 7.05 Å². The molecule has 0 spiro atoms. The first kappa shape index (κ1) is 15.6. The minimum Gasteiger partial charge on any atom is -0.464 e. The molecule has 0 radical (unpaired) electrons. The monoisotopic (exact) mass is 277 g/mol. The summed E-state index contributed by atoms with van der Waals surface area (Å²) in [6.45, 7) is 4.45. The first-order chi connectivity index (χ1) is 9.78. The number of furan rings is 1. The van der Waals surface area contributed by atoms with Crippen LogP contribution in [0.15, 0.2) is 16.5 Å². The molecule has 0 bridgehead atoms. The van der Waals surface area contributed by atoms with Crippen molar-refractivity contribution in [3.63, 3.8) is 0 Å². The predicted octanol–water partition coefficient (Wildman–Crippen LogP) is 5.10. The van der Waals surface area contributed by atoms with Crippen LogP contribution in [0.5, 0.6) is 0 Å². The molecule has 0 saturated heterocycles. The summed E-state index contributed by atoms with van der Waals surface area (Å²) in [5, 5.41) is 3.49. The van der Waals surface area contributed by atoms with E-state index in [2.05, 4.69) is 38.3 Å². The predicted molar refractivity (Wildman–Crippen MR) is 84.9 cm³/mol. The van der Waals surface area contributed by atoms with E-state index in [1.165, 1.54) is 44.9 Å². The molecule has 2 rings (SSSR count). The number of unbranched alkanes of at least 4 members (excludes halogenated alkanes) is 1. The summed E-state index contributed by atoms with van der Waals surface area (Å²) in [7, 11) is 2.07. The first-order valence-corrected chi connectivity index (χ1v) is 8.54. The quantitative estimate of drug-likeness (QED) is 0.750. The average molecular weight is 277 g/mol. The fraction of sp³-hybridized carbons (Fsp3) is 0.778. The highest BCUT2D eigenvalue weighted by atomic mass is 16.3. The van der Waals surface area contributed by atoms with Gasteiger partial charge in [-0.3, -0.25) is 0 Å². The van der Waals surface area contributed by atoms with Crippen LogP contribution in [0.25, 0.3) is 0 Å². The van der Waals surface area contributed by atoms with Crippen LogP contribution < -0.4 is 5.32 Å². The number of rotatable bonds is 7. The molecule has 1 N–H and O–H groups in total. The number of hydrogen-bond acceptors (Lipinski definition) is 2. The van der Waals surface area contributed by atoms with Gasteiger partial charge in [-0.25, -0.2) is 0 Å². The fourth-order valence-electron chi connectivity index (χ4n) is 3.66. The Morgan fingerprint density at radius 1 is 1.20 bits per heavy atom. The first-order valence-electron chi connectivity index (χ1n) is 8.54. The van der Waals surface area contributed by atoms with E-state index in [1.54, 1.807) is 0 Å². The van der Waals surface area contributed by atoms with Crippen molar-refractivity contribution in [1.29, 1.82) is 0 Å². The van der Waals surface area contributed by atoms with Gasteiger partial charge >= 0.3 is 0 Å². The standard InChI is InChI=1S/C18H31NO/c1-4-6-7-14-8-10-15(11-9-14)18(19-3)17-13-12-16(5-2)20-17/h12-15,18-19H,4-11H2,1-3H3. The maximum absolute atomic E-state index is 5.97. The third-order valence-electron chi connectivity index (χ3n) is 4.98. The normalized spacial score (nSPS) is 24.8. The van der Waals surface area contributed by atoms with Gasteiger partial charge in [-0.15, -0.1) is 0 Å². The van der Waals surface area contributed by atoms with Crippen LogP contribution in [0.3, 0.4) is 0 Å². The van der Waals surface area contributed by atoms with Gasteiger partial charge in [-0.2, -0.15) is 0 Å². The highest BCUT2D eigenvalue weighted by Crippen LogP contribution is 2.38. The number of nitrogens with one attached hydrogen (secondary N) is 1. The Hall–Kier alpha value is -0.760. The van der Waals surface area contributed by atoms with Gasteiger partial charge in [0, 0.05) is 6.42 Å². The summed E-state index contributed by atoms with van der Waals surface area (Å²) in [6, 6.07) is 4.71. The van der Waals surface area contributed by atoms with Gasteiger partial charge in [-0.05, 0) is 43.9 Å². The van der Waals surface area contributed by atoms with Gasteiger partial charge in [-0.1, -0.05) is 46.0 Å². The van der Waals surface area contributed by atoms with Crippen LogP contribution in [-0.2, 0) is 6.42 Å². The van der Waals surface area contributed by atoms with Crippen molar-refractivity contribution in [3.8, 4) is 0 Å². The molecule has 0 aliphatic heterocycles. The van der Waals surface area contributed by atoms with Gasteiger partial charge in [0.2, 0.25) is 0 Å². The van der Waals surface area contributed by atoms with Gasteiger partial charge in [0.25, 0.3) is 0 Å². The summed E-state index contributed by atoms with van der Waals surface area (Å²) in [6.07, 6.45) is 10.7. The molecule has 1 saturated carbocycles. The molecule has 1 aromatic heterocycles. The van der Waals surface area contributed by atoms with E-state index in [9.17, 15) is 0 Å². The summed E-state index contributed by atoms with van der Waals surface area (Å²) in [4.78, 5) is 0. The third kappa shape index (κ3) is 3.88.